The molecule has 0 aliphatic heterocycles. The lowest BCUT2D eigenvalue weighted by Gasteiger charge is -2.10. The molecule has 2 heterocycles. The van der Waals surface area contributed by atoms with Gasteiger partial charge >= 0.3 is 0 Å². The van der Waals surface area contributed by atoms with Crippen molar-refractivity contribution in [2.75, 3.05) is 18.2 Å². The van der Waals surface area contributed by atoms with Crippen LogP contribution in [0.4, 0.5) is 5.69 Å². The normalized spacial score (nSPS) is 10.8. The molecule has 0 radical (unpaired) electrons. The molecule has 1 N–H and O–H groups in total. The predicted octanol–water partition coefficient (Wildman–Crippen LogP) is 5.74. The summed E-state index contributed by atoms with van der Waals surface area (Å²) in [6.45, 7) is 4.91. The van der Waals surface area contributed by atoms with Gasteiger partial charge < -0.3 is 14.6 Å². The molecule has 0 aliphatic carbocycles. The van der Waals surface area contributed by atoms with Gasteiger partial charge in [0.1, 0.15) is 5.75 Å². The number of hydrogen-bond donors (Lipinski definition) is 1. The number of methoxy groups -OCH3 is 1. The third-order valence-corrected chi connectivity index (χ3v) is 6.90. The fourth-order valence-corrected chi connectivity index (χ4v) is 5.13. The minimum Gasteiger partial charge on any atom is -0.497 e. The number of anilines is 1. The summed E-state index contributed by atoms with van der Waals surface area (Å²) in [6, 6.07) is 17.6. The zero-order chi connectivity index (χ0) is 22.5. The Bertz CT molecular complexity index is 1200. The molecular weight excluding hydrogens is 440 g/mol. The summed E-state index contributed by atoms with van der Waals surface area (Å²) in [5, 5.41) is 14.7. The van der Waals surface area contributed by atoms with Gasteiger partial charge in [-0.15, -0.1) is 21.5 Å². The first kappa shape index (κ1) is 22.1. The van der Waals surface area contributed by atoms with Crippen molar-refractivity contribution in [3.8, 4) is 28.3 Å². The van der Waals surface area contributed by atoms with E-state index in [1.807, 2.05) is 42.5 Å². The van der Waals surface area contributed by atoms with E-state index < -0.39 is 0 Å². The first-order chi connectivity index (χ1) is 15.6. The van der Waals surface area contributed by atoms with Crippen molar-refractivity contribution in [3.05, 3.63) is 64.9 Å². The van der Waals surface area contributed by atoms with E-state index >= 15 is 0 Å². The van der Waals surface area contributed by atoms with Crippen molar-refractivity contribution >= 4 is 34.7 Å². The Hall–Kier alpha value is -3.10. The quantitative estimate of drug-likeness (QED) is 0.337. The Balaban J connectivity index is 1.51. The number of carbonyl (C=O) groups is 1. The number of aryl methyl sites for hydroxylation is 1. The highest BCUT2D eigenvalue weighted by Crippen LogP contribution is 2.39. The number of thioether (sulfide) groups is 1. The minimum atomic E-state index is -0.0938. The van der Waals surface area contributed by atoms with Crippen LogP contribution in [0.3, 0.4) is 0 Å². The maximum atomic E-state index is 12.4. The molecule has 32 heavy (non-hydrogen) atoms. The summed E-state index contributed by atoms with van der Waals surface area (Å²) in [7, 11) is 1.61. The maximum absolute atomic E-state index is 12.4. The average molecular weight is 465 g/mol. The molecule has 6 nitrogen and oxygen atoms in total. The molecule has 0 aliphatic rings. The molecule has 2 aromatic carbocycles. The molecule has 8 heteroatoms. The fraction of sp³-hybridized carbons (Fsp3) is 0.208. The lowest BCUT2D eigenvalue weighted by atomic mass is 10.0. The van der Waals surface area contributed by atoms with Crippen LogP contribution in [-0.2, 0) is 11.3 Å². The second-order valence-electron chi connectivity index (χ2n) is 7.06. The predicted molar refractivity (Wildman–Crippen MR) is 132 cm³/mol. The van der Waals surface area contributed by atoms with Crippen LogP contribution in [-0.4, -0.2) is 33.5 Å². The topological polar surface area (TPSA) is 69.0 Å². The number of thiophene rings is 1. The van der Waals surface area contributed by atoms with Crippen LogP contribution in [0.5, 0.6) is 5.75 Å². The summed E-state index contributed by atoms with van der Waals surface area (Å²) in [4.78, 5) is 13.7. The van der Waals surface area contributed by atoms with Crippen LogP contribution in [0, 0.1) is 6.92 Å². The number of rotatable bonds is 8. The molecule has 0 bridgehead atoms. The molecule has 0 saturated heterocycles. The Morgan fingerprint density at radius 1 is 1.12 bits per heavy atom. The Morgan fingerprint density at radius 2 is 1.88 bits per heavy atom. The minimum absolute atomic E-state index is 0.0938. The number of benzene rings is 2. The number of hydrogen-bond acceptors (Lipinski definition) is 6. The number of nitrogens with one attached hydrogen (secondary N) is 1. The molecule has 0 unspecified atom stereocenters. The zero-order valence-electron chi connectivity index (χ0n) is 18.2. The second kappa shape index (κ2) is 10.0. The number of carbonyl (C=O) groups excluding carboxylic acids is 1. The Morgan fingerprint density at radius 3 is 2.56 bits per heavy atom. The Labute approximate surface area is 195 Å². The highest BCUT2D eigenvalue weighted by molar-refractivity contribution is 7.99. The van der Waals surface area contributed by atoms with Crippen molar-refractivity contribution < 1.29 is 9.53 Å². The number of ether oxygens (including phenoxy) is 1. The van der Waals surface area contributed by atoms with Gasteiger partial charge in [-0.05, 0) is 43.7 Å². The van der Waals surface area contributed by atoms with Crippen LogP contribution < -0.4 is 10.1 Å². The van der Waals surface area contributed by atoms with E-state index in [0.29, 0.717) is 6.54 Å². The van der Waals surface area contributed by atoms with Gasteiger partial charge in [-0.3, -0.25) is 4.79 Å². The van der Waals surface area contributed by atoms with E-state index in [4.69, 9.17) is 4.74 Å². The fourth-order valence-electron chi connectivity index (χ4n) is 3.46. The van der Waals surface area contributed by atoms with Gasteiger partial charge in [-0.2, -0.15) is 0 Å². The van der Waals surface area contributed by atoms with Crippen molar-refractivity contribution in [2.45, 2.75) is 25.5 Å². The first-order valence-corrected chi connectivity index (χ1v) is 12.1. The first-order valence-electron chi connectivity index (χ1n) is 10.2. The van der Waals surface area contributed by atoms with Crippen LogP contribution >= 0.6 is 23.1 Å². The van der Waals surface area contributed by atoms with Gasteiger partial charge in [0.2, 0.25) is 5.91 Å². The van der Waals surface area contributed by atoms with Crippen LogP contribution in [0.25, 0.3) is 22.5 Å². The van der Waals surface area contributed by atoms with Gasteiger partial charge in [0.25, 0.3) is 0 Å². The molecule has 164 valence electrons. The number of amides is 1. The third-order valence-electron chi connectivity index (χ3n) is 5.02. The van der Waals surface area contributed by atoms with Crippen molar-refractivity contribution in [1.82, 2.24) is 14.8 Å². The highest BCUT2D eigenvalue weighted by atomic mass is 32.2. The largest absolute Gasteiger partial charge is 0.497 e. The van der Waals surface area contributed by atoms with E-state index in [1.54, 1.807) is 18.4 Å². The second-order valence-corrected chi connectivity index (χ2v) is 9.09. The monoisotopic (exact) mass is 464 g/mol. The molecule has 4 aromatic rings. The summed E-state index contributed by atoms with van der Waals surface area (Å²) in [5.41, 5.74) is 4.16. The molecule has 0 fully saturated rings. The van der Waals surface area contributed by atoms with E-state index in [1.165, 1.54) is 27.8 Å². The van der Waals surface area contributed by atoms with Gasteiger partial charge in [0.05, 0.1) is 12.9 Å². The lowest BCUT2D eigenvalue weighted by molar-refractivity contribution is -0.113. The molecule has 0 spiro atoms. The highest BCUT2D eigenvalue weighted by Gasteiger charge is 2.20. The number of aromatic nitrogens is 3. The van der Waals surface area contributed by atoms with Gasteiger partial charge in [0.15, 0.2) is 11.0 Å². The lowest BCUT2D eigenvalue weighted by Crippen LogP contribution is -2.14. The van der Waals surface area contributed by atoms with Gasteiger partial charge in [0, 0.05) is 33.6 Å². The smallest absolute Gasteiger partial charge is 0.234 e. The summed E-state index contributed by atoms with van der Waals surface area (Å²) in [6.07, 6.45) is 0. The van der Waals surface area contributed by atoms with Crippen LogP contribution in [0.1, 0.15) is 11.8 Å². The molecule has 0 saturated carbocycles. The van der Waals surface area contributed by atoms with Crippen LogP contribution in [0.2, 0.25) is 0 Å². The average Bonchev–Trinajstić information content (AvgIpc) is 3.41. The molecule has 4 rings (SSSR count). The van der Waals surface area contributed by atoms with Gasteiger partial charge in [-0.25, -0.2) is 0 Å². The molecule has 0 atom stereocenters. The molecule has 1 amide bonds. The Kier molecular flexibility index (Phi) is 6.92. The maximum Gasteiger partial charge on any atom is 0.234 e. The van der Waals surface area contributed by atoms with Crippen LogP contribution in [0.15, 0.2) is 65.1 Å². The van der Waals surface area contributed by atoms with Crippen molar-refractivity contribution in [2.24, 2.45) is 0 Å². The third kappa shape index (κ3) is 4.71. The van der Waals surface area contributed by atoms with Gasteiger partial charge in [-0.1, -0.05) is 42.1 Å². The zero-order valence-corrected chi connectivity index (χ0v) is 19.8. The van der Waals surface area contributed by atoms with E-state index in [0.717, 1.165) is 28.0 Å². The summed E-state index contributed by atoms with van der Waals surface area (Å²) < 4.78 is 7.22. The SMILES string of the molecule is CCn1c(SCC(=O)Nc2ccc(OC)cc2)nnc1-c1csc(C)c1-c1ccccc1. The van der Waals surface area contributed by atoms with E-state index in [-0.39, 0.29) is 11.7 Å². The standard InChI is InChI=1S/C24H24N4O2S2/c1-4-28-23(20-14-31-16(2)22(20)17-8-6-5-7-9-17)26-27-24(28)32-15-21(29)25-18-10-12-19(30-3)13-11-18/h5-14H,4,15H2,1-3H3,(H,25,29). The number of nitrogens with zero attached hydrogens (tertiary/aromatic N) is 3. The van der Waals surface area contributed by atoms with Crippen molar-refractivity contribution in [3.63, 3.8) is 0 Å². The molecular formula is C24H24N4O2S2. The van der Waals surface area contributed by atoms with E-state index in [9.17, 15) is 4.79 Å². The summed E-state index contributed by atoms with van der Waals surface area (Å²) >= 11 is 3.10. The molecule has 2 aromatic heterocycles. The summed E-state index contributed by atoms with van der Waals surface area (Å²) in [5.74, 6) is 1.73. The van der Waals surface area contributed by atoms with Crippen molar-refractivity contribution in [1.29, 1.82) is 0 Å². The van der Waals surface area contributed by atoms with E-state index in [2.05, 4.69) is 51.4 Å².